The summed E-state index contributed by atoms with van der Waals surface area (Å²) in [7, 11) is 0. The Balaban J connectivity index is 2.04. The lowest BCUT2D eigenvalue weighted by Gasteiger charge is -1.99. The van der Waals surface area contributed by atoms with Crippen LogP contribution < -0.4 is 0 Å². The number of rotatable bonds is 2. The highest BCUT2D eigenvalue weighted by Gasteiger charge is 2.21. The molecule has 0 aromatic carbocycles. The van der Waals surface area contributed by atoms with Crippen LogP contribution in [-0.2, 0) is 0 Å². The van der Waals surface area contributed by atoms with Gasteiger partial charge in [0.05, 0.1) is 5.25 Å². The fraction of sp³-hybridized carbons (Fsp3) is 0.364. The molecular formula is C11H11N3OS. The van der Waals surface area contributed by atoms with E-state index in [0.717, 1.165) is 24.2 Å². The summed E-state index contributed by atoms with van der Waals surface area (Å²) in [5.41, 5.74) is 1.44. The first-order chi connectivity index (χ1) is 7.86. The lowest BCUT2D eigenvalue weighted by molar-refractivity contribution is 0.112. The van der Waals surface area contributed by atoms with Crippen molar-refractivity contribution in [2.24, 2.45) is 0 Å². The van der Waals surface area contributed by atoms with Crippen LogP contribution in [0.1, 0.15) is 34.3 Å². The molecule has 1 aliphatic rings. The van der Waals surface area contributed by atoms with E-state index < -0.39 is 0 Å². The number of thioether (sulfide) groups is 1. The van der Waals surface area contributed by atoms with Crippen LogP contribution in [0.25, 0.3) is 5.65 Å². The number of carbonyl (C=O) groups excluding carboxylic acids is 1. The molecule has 0 spiro atoms. The SMILES string of the molecule is O=Cc1ccc2nc(C3CCCS3)nn2c1. The topological polar surface area (TPSA) is 47.3 Å². The fourth-order valence-corrected chi connectivity index (χ4v) is 3.10. The number of hydrogen-bond donors (Lipinski definition) is 0. The molecule has 16 heavy (non-hydrogen) atoms. The van der Waals surface area contributed by atoms with Crippen molar-refractivity contribution in [2.45, 2.75) is 18.1 Å². The molecule has 1 saturated heterocycles. The number of fused-ring (bicyclic) bond motifs is 1. The molecule has 4 nitrogen and oxygen atoms in total. The van der Waals surface area contributed by atoms with E-state index in [1.165, 1.54) is 12.2 Å². The Morgan fingerprint density at radius 3 is 3.19 bits per heavy atom. The van der Waals surface area contributed by atoms with Gasteiger partial charge in [-0.25, -0.2) is 9.50 Å². The Hall–Kier alpha value is -1.36. The van der Waals surface area contributed by atoms with E-state index in [0.29, 0.717) is 10.8 Å². The van der Waals surface area contributed by atoms with Gasteiger partial charge in [0, 0.05) is 11.8 Å². The van der Waals surface area contributed by atoms with E-state index >= 15 is 0 Å². The molecule has 1 fully saturated rings. The quantitative estimate of drug-likeness (QED) is 0.745. The normalized spacial score (nSPS) is 20.4. The van der Waals surface area contributed by atoms with Crippen LogP contribution in [0.4, 0.5) is 0 Å². The van der Waals surface area contributed by atoms with Crippen molar-refractivity contribution in [1.29, 1.82) is 0 Å². The lowest BCUT2D eigenvalue weighted by Crippen LogP contribution is -1.93. The molecule has 1 unspecified atom stereocenters. The second kappa shape index (κ2) is 3.90. The highest BCUT2D eigenvalue weighted by atomic mass is 32.2. The van der Waals surface area contributed by atoms with Crippen molar-refractivity contribution in [3.05, 3.63) is 29.7 Å². The Labute approximate surface area is 97.1 Å². The molecule has 5 heteroatoms. The van der Waals surface area contributed by atoms with Crippen LogP contribution in [0.15, 0.2) is 18.3 Å². The highest BCUT2D eigenvalue weighted by molar-refractivity contribution is 7.99. The molecule has 2 aromatic heterocycles. The summed E-state index contributed by atoms with van der Waals surface area (Å²) in [6, 6.07) is 3.60. The molecule has 1 atom stereocenters. The number of carbonyl (C=O) groups is 1. The summed E-state index contributed by atoms with van der Waals surface area (Å²) >= 11 is 1.91. The predicted molar refractivity (Wildman–Crippen MR) is 62.8 cm³/mol. The van der Waals surface area contributed by atoms with Gasteiger partial charge < -0.3 is 0 Å². The van der Waals surface area contributed by atoms with Crippen LogP contribution in [0.3, 0.4) is 0 Å². The fourth-order valence-electron chi connectivity index (χ4n) is 1.90. The summed E-state index contributed by atoms with van der Waals surface area (Å²) < 4.78 is 1.69. The third kappa shape index (κ3) is 1.61. The first-order valence-corrected chi connectivity index (χ1v) is 6.35. The van der Waals surface area contributed by atoms with Crippen molar-refractivity contribution in [2.75, 3.05) is 5.75 Å². The monoisotopic (exact) mass is 233 g/mol. The Morgan fingerprint density at radius 1 is 1.50 bits per heavy atom. The highest BCUT2D eigenvalue weighted by Crippen LogP contribution is 2.38. The van der Waals surface area contributed by atoms with Gasteiger partial charge in [0.1, 0.15) is 0 Å². The van der Waals surface area contributed by atoms with Crippen molar-refractivity contribution < 1.29 is 4.79 Å². The second-order valence-corrected chi connectivity index (χ2v) is 5.17. The average Bonchev–Trinajstić information content (AvgIpc) is 2.96. The number of nitrogens with zero attached hydrogens (tertiary/aromatic N) is 3. The minimum Gasteiger partial charge on any atom is -0.298 e. The Kier molecular flexibility index (Phi) is 2.40. The largest absolute Gasteiger partial charge is 0.298 e. The maximum atomic E-state index is 10.6. The van der Waals surface area contributed by atoms with E-state index in [1.54, 1.807) is 16.8 Å². The van der Waals surface area contributed by atoms with Crippen LogP contribution in [-0.4, -0.2) is 26.6 Å². The van der Waals surface area contributed by atoms with Crippen LogP contribution in [0.2, 0.25) is 0 Å². The molecule has 1 aliphatic heterocycles. The van der Waals surface area contributed by atoms with E-state index in [1.807, 2.05) is 17.8 Å². The van der Waals surface area contributed by atoms with Gasteiger partial charge >= 0.3 is 0 Å². The maximum Gasteiger partial charge on any atom is 0.164 e. The molecule has 0 aliphatic carbocycles. The van der Waals surface area contributed by atoms with Crippen LogP contribution in [0.5, 0.6) is 0 Å². The maximum absolute atomic E-state index is 10.6. The number of aldehydes is 1. The number of pyridine rings is 1. The van der Waals surface area contributed by atoms with E-state index in [2.05, 4.69) is 10.1 Å². The average molecular weight is 233 g/mol. The number of aromatic nitrogens is 3. The van der Waals surface area contributed by atoms with Gasteiger partial charge in [0.25, 0.3) is 0 Å². The summed E-state index contributed by atoms with van der Waals surface area (Å²) in [5.74, 6) is 2.09. The summed E-state index contributed by atoms with van der Waals surface area (Å²) in [5, 5.41) is 4.86. The minimum atomic E-state index is 0.430. The van der Waals surface area contributed by atoms with Crippen molar-refractivity contribution in [1.82, 2.24) is 14.6 Å². The van der Waals surface area contributed by atoms with Gasteiger partial charge in [0.2, 0.25) is 0 Å². The molecule has 2 aromatic rings. The summed E-state index contributed by atoms with van der Waals surface area (Å²) in [6.45, 7) is 0. The predicted octanol–water partition coefficient (Wildman–Crippen LogP) is 2.11. The second-order valence-electron chi connectivity index (χ2n) is 3.85. The Bertz CT molecular complexity index is 531. The minimum absolute atomic E-state index is 0.430. The zero-order valence-corrected chi connectivity index (χ0v) is 9.48. The smallest absolute Gasteiger partial charge is 0.164 e. The summed E-state index contributed by atoms with van der Waals surface area (Å²) in [6.07, 6.45) is 4.94. The third-order valence-corrected chi connectivity index (χ3v) is 4.10. The zero-order valence-electron chi connectivity index (χ0n) is 8.67. The molecule has 0 amide bonds. The molecule has 0 saturated carbocycles. The first-order valence-electron chi connectivity index (χ1n) is 5.30. The van der Waals surface area contributed by atoms with Gasteiger partial charge in [-0.05, 0) is 30.7 Å². The molecule has 0 radical (unpaired) electrons. The first kappa shape index (κ1) is 9.84. The molecule has 0 N–H and O–H groups in total. The van der Waals surface area contributed by atoms with Gasteiger partial charge in [-0.1, -0.05) is 0 Å². The van der Waals surface area contributed by atoms with Crippen LogP contribution in [0, 0.1) is 0 Å². The summed E-state index contributed by atoms with van der Waals surface area (Å²) in [4.78, 5) is 15.1. The third-order valence-electron chi connectivity index (χ3n) is 2.72. The standard InChI is InChI=1S/C11H11N3OS/c15-7-8-3-4-10-12-11(13-14(10)6-8)9-2-1-5-16-9/h3-4,6-7,9H,1-2,5H2. The van der Waals surface area contributed by atoms with E-state index in [9.17, 15) is 4.79 Å². The molecule has 0 bridgehead atoms. The van der Waals surface area contributed by atoms with Crippen molar-refractivity contribution in [3.63, 3.8) is 0 Å². The number of hydrogen-bond acceptors (Lipinski definition) is 4. The van der Waals surface area contributed by atoms with Gasteiger partial charge in [-0.2, -0.15) is 16.9 Å². The van der Waals surface area contributed by atoms with Gasteiger partial charge in [-0.15, -0.1) is 0 Å². The molecule has 3 heterocycles. The molecular weight excluding hydrogens is 222 g/mol. The van der Waals surface area contributed by atoms with Crippen molar-refractivity contribution in [3.8, 4) is 0 Å². The zero-order chi connectivity index (χ0) is 11.0. The Morgan fingerprint density at radius 2 is 2.44 bits per heavy atom. The van der Waals surface area contributed by atoms with E-state index in [-0.39, 0.29) is 0 Å². The van der Waals surface area contributed by atoms with Crippen LogP contribution >= 0.6 is 11.8 Å². The lowest BCUT2D eigenvalue weighted by atomic mass is 10.2. The van der Waals surface area contributed by atoms with Gasteiger partial charge in [0.15, 0.2) is 17.8 Å². The van der Waals surface area contributed by atoms with Gasteiger partial charge in [-0.3, -0.25) is 4.79 Å². The van der Waals surface area contributed by atoms with Crippen molar-refractivity contribution >= 4 is 23.7 Å². The van der Waals surface area contributed by atoms with E-state index in [4.69, 9.17) is 0 Å². The molecule has 82 valence electrons. The molecule has 3 rings (SSSR count).